The summed E-state index contributed by atoms with van der Waals surface area (Å²) in [4.78, 5) is 23.2. The Bertz CT molecular complexity index is 1200. The molecule has 0 spiro atoms. The third-order valence-corrected chi connectivity index (χ3v) is 6.37. The Morgan fingerprint density at radius 3 is 2.79 bits per heavy atom. The van der Waals surface area contributed by atoms with E-state index < -0.39 is 0 Å². The number of aromatic nitrogens is 2. The maximum absolute atomic E-state index is 12.8. The molecule has 4 rings (SSSR count). The van der Waals surface area contributed by atoms with Crippen LogP contribution in [0.25, 0.3) is 21.5 Å². The second kappa shape index (κ2) is 7.81. The molecule has 29 heavy (non-hydrogen) atoms. The average molecular weight is 425 g/mol. The van der Waals surface area contributed by atoms with Crippen molar-refractivity contribution in [3.05, 3.63) is 52.3 Å². The molecule has 3 aromatic heterocycles. The molecule has 0 atom stereocenters. The second-order valence-corrected chi connectivity index (χ2v) is 8.67. The van der Waals surface area contributed by atoms with E-state index in [1.54, 1.807) is 7.11 Å². The molecule has 3 N–H and O–H groups in total. The fourth-order valence-electron chi connectivity index (χ4n) is 2.90. The van der Waals surface area contributed by atoms with E-state index in [-0.39, 0.29) is 5.91 Å². The average Bonchev–Trinajstić information content (AvgIpc) is 3.32. The van der Waals surface area contributed by atoms with Crippen molar-refractivity contribution in [2.45, 2.75) is 19.8 Å². The van der Waals surface area contributed by atoms with Crippen molar-refractivity contribution < 1.29 is 9.53 Å². The van der Waals surface area contributed by atoms with Gasteiger partial charge in [0.2, 0.25) is 0 Å². The summed E-state index contributed by atoms with van der Waals surface area (Å²) in [6, 6.07) is 11.5. The summed E-state index contributed by atoms with van der Waals surface area (Å²) < 4.78 is 5.26. The van der Waals surface area contributed by atoms with Crippen LogP contribution in [0.4, 0.5) is 10.8 Å². The number of carbonyl (C=O) groups is 1. The predicted molar refractivity (Wildman–Crippen MR) is 120 cm³/mol. The highest BCUT2D eigenvalue weighted by Crippen LogP contribution is 2.34. The Kier molecular flexibility index (Phi) is 5.21. The van der Waals surface area contributed by atoms with Crippen LogP contribution in [0, 0.1) is 0 Å². The molecule has 6 nitrogen and oxygen atoms in total. The minimum absolute atomic E-state index is 0.275. The van der Waals surface area contributed by atoms with E-state index >= 15 is 0 Å². The fourth-order valence-corrected chi connectivity index (χ4v) is 4.61. The van der Waals surface area contributed by atoms with Gasteiger partial charge in [0.25, 0.3) is 5.91 Å². The van der Waals surface area contributed by atoms with Crippen LogP contribution in [-0.4, -0.2) is 23.0 Å². The highest BCUT2D eigenvalue weighted by Gasteiger charge is 2.19. The minimum Gasteiger partial charge on any atom is -0.497 e. The van der Waals surface area contributed by atoms with E-state index in [1.165, 1.54) is 22.7 Å². The van der Waals surface area contributed by atoms with E-state index in [0.717, 1.165) is 32.9 Å². The van der Waals surface area contributed by atoms with Crippen LogP contribution in [0.1, 0.15) is 35.1 Å². The van der Waals surface area contributed by atoms with Crippen LogP contribution in [0.2, 0.25) is 0 Å². The lowest BCUT2D eigenvalue weighted by Crippen LogP contribution is -2.11. The number of ether oxygens (including phenoxy) is 1. The summed E-state index contributed by atoms with van der Waals surface area (Å²) in [5.41, 5.74) is 9.36. The number of hydrogen-bond donors (Lipinski definition) is 2. The number of anilines is 2. The Hall–Kier alpha value is -2.97. The molecule has 0 saturated carbocycles. The van der Waals surface area contributed by atoms with Crippen LogP contribution in [0.3, 0.4) is 0 Å². The normalized spacial score (nSPS) is 11.2. The monoisotopic (exact) mass is 424 g/mol. The Morgan fingerprint density at radius 1 is 1.21 bits per heavy atom. The second-order valence-electron chi connectivity index (χ2n) is 6.81. The molecule has 1 amide bonds. The van der Waals surface area contributed by atoms with E-state index in [0.29, 0.717) is 21.6 Å². The van der Waals surface area contributed by atoms with E-state index in [1.807, 2.05) is 41.8 Å². The first-order chi connectivity index (χ1) is 14.0. The molecular weight excluding hydrogens is 404 g/mol. The van der Waals surface area contributed by atoms with Gasteiger partial charge in [0.15, 0.2) is 5.13 Å². The molecule has 8 heteroatoms. The fraction of sp³-hybridized carbons (Fsp3) is 0.190. The smallest absolute Gasteiger partial charge is 0.269 e. The number of methoxy groups -OCH3 is 1. The van der Waals surface area contributed by atoms with Gasteiger partial charge in [-0.3, -0.25) is 10.1 Å². The predicted octanol–water partition coefficient (Wildman–Crippen LogP) is 5.39. The van der Waals surface area contributed by atoms with Gasteiger partial charge in [-0.2, -0.15) is 0 Å². The van der Waals surface area contributed by atoms with Crippen molar-refractivity contribution in [2.75, 3.05) is 18.2 Å². The van der Waals surface area contributed by atoms with Crippen molar-refractivity contribution in [3.63, 3.8) is 0 Å². The van der Waals surface area contributed by atoms with Crippen LogP contribution in [0.5, 0.6) is 5.75 Å². The van der Waals surface area contributed by atoms with Gasteiger partial charge in [0, 0.05) is 22.0 Å². The number of nitrogens with two attached hydrogens (primary N) is 1. The third-order valence-electron chi connectivity index (χ3n) is 4.50. The zero-order valence-corrected chi connectivity index (χ0v) is 17.9. The minimum atomic E-state index is -0.275. The van der Waals surface area contributed by atoms with Gasteiger partial charge in [-0.25, -0.2) is 9.97 Å². The first-order valence-electron chi connectivity index (χ1n) is 9.06. The highest BCUT2D eigenvalue weighted by molar-refractivity contribution is 7.21. The van der Waals surface area contributed by atoms with Gasteiger partial charge >= 0.3 is 0 Å². The number of benzene rings is 1. The molecule has 148 valence electrons. The molecule has 0 radical (unpaired) electrons. The molecular formula is C21H20N4O2S2. The Morgan fingerprint density at radius 2 is 2.03 bits per heavy atom. The summed E-state index contributed by atoms with van der Waals surface area (Å²) in [7, 11) is 1.63. The molecule has 0 aliphatic carbocycles. The number of thiophene rings is 1. The van der Waals surface area contributed by atoms with Gasteiger partial charge in [-0.1, -0.05) is 26.0 Å². The molecule has 0 bridgehead atoms. The molecule has 0 aliphatic rings. The summed E-state index contributed by atoms with van der Waals surface area (Å²) >= 11 is 2.67. The number of pyridine rings is 1. The summed E-state index contributed by atoms with van der Waals surface area (Å²) in [5, 5.41) is 6.07. The van der Waals surface area contributed by atoms with Crippen molar-refractivity contribution in [2.24, 2.45) is 0 Å². The lowest BCUT2D eigenvalue weighted by molar-refractivity contribution is 0.103. The Labute approximate surface area is 176 Å². The first-order valence-corrected chi connectivity index (χ1v) is 10.8. The number of nitrogens with zero attached hydrogens (tertiary/aromatic N) is 2. The maximum atomic E-state index is 12.8. The molecule has 3 heterocycles. The van der Waals surface area contributed by atoms with E-state index in [9.17, 15) is 4.79 Å². The van der Waals surface area contributed by atoms with Crippen molar-refractivity contribution in [1.29, 1.82) is 0 Å². The van der Waals surface area contributed by atoms with Crippen molar-refractivity contribution >= 4 is 49.6 Å². The molecule has 1 aromatic carbocycles. The maximum Gasteiger partial charge on any atom is 0.269 e. The lowest BCUT2D eigenvalue weighted by atomic mass is 10.1. The van der Waals surface area contributed by atoms with Crippen molar-refractivity contribution in [3.8, 4) is 17.0 Å². The topological polar surface area (TPSA) is 90.1 Å². The van der Waals surface area contributed by atoms with Gasteiger partial charge in [0.05, 0.1) is 18.5 Å². The zero-order valence-electron chi connectivity index (χ0n) is 16.2. The molecule has 0 fully saturated rings. The molecule has 0 saturated heterocycles. The number of carbonyl (C=O) groups excluding carboxylic acids is 1. The zero-order chi connectivity index (χ0) is 20.5. The quantitative estimate of drug-likeness (QED) is 0.448. The third kappa shape index (κ3) is 3.81. The van der Waals surface area contributed by atoms with Crippen molar-refractivity contribution in [1.82, 2.24) is 9.97 Å². The number of nitrogen functional groups attached to an aromatic ring is 1. The van der Waals surface area contributed by atoms with Crippen LogP contribution in [-0.2, 0) is 0 Å². The highest BCUT2D eigenvalue weighted by atomic mass is 32.1. The van der Waals surface area contributed by atoms with Gasteiger partial charge in [0.1, 0.15) is 15.5 Å². The van der Waals surface area contributed by atoms with Crippen LogP contribution < -0.4 is 15.8 Å². The summed E-state index contributed by atoms with van der Waals surface area (Å²) in [6.07, 6.45) is 0. The van der Waals surface area contributed by atoms with Gasteiger partial charge < -0.3 is 10.5 Å². The Balaban J connectivity index is 1.58. The number of rotatable bonds is 5. The molecule has 0 unspecified atom stereocenters. The number of fused-ring (bicyclic) bond motifs is 1. The van der Waals surface area contributed by atoms with Gasteiger partial charge in [-0.15, -0.1) is 22.7 Å². The number of hydrogen-bond acceptors (Lipinski definition) is 7. The standard InChI is InChI=1S/C21H20N4O2S2/c1-11(2)15-8-7-14-17(22)18(29-20(14)23-15)19(26)25-21-24-16(10-28-21)12-5-4-6-13(9-12)27-3/h4-11H,22H2,1-3H3,(H,24,25,26). The first kappa shape index (κ1) is 19.4. The molecule has 4 aromatic rings. The van der Waals surface area contributed by atoms with E-state index in [2.05, 4.69) is 29.1 Å². The van der Waals surface area contributed by atoms with Gasteiger partial charge in [-0.05, 0) is 30.2 Å². The number of amides is 1. The molecule has 0 aliphatic heterocycles. The van der Waals surface area contributed by atoms with Crippen LogP contribution >= 0.6 is 22.7 Å². The van der Waals surface area contributed by atoms with E-state index in [4.69, 9.17) is 10.5 Å². The van der Waals surface area contributed by atoms with Crippen LogP contribution in [0.15, 0.2) is 41.8 Å². The number of thiazole rings is 1. The largest absolute Gasteiger partial charge is 0.497 e. The summed E-state index contributed by atoms with van der Waals surface area (Å²) in [5.74, 6) is 0.792. The summed E-state index contributed by atoms with van der Waals surface area (Å²) in [6.45, 7) is 4.17. The number of nitrogens with one attached hydrogen (secondary N) is 1. The lowest BCUT2D eigenvalue weighted by Gasteiger charge is -2.03. The SMILES string of the molecule is COc1cccc(-c2csc(NC(=O)c3sc4nc(C(C)C)ccc4c3N)n2)c1.